The van der Waals surface area contributed by atoms with Crippen molar-refractivity contribution in [3.8, 4) is 11.5 Å². The third-order valence-electron chi connectivity index (χ3n) is 3.80. The second kappa shape index (κ2) is 7.28. The highest BCUT2D eigenvalue weighted by Crippen LogP contribution is 2.27. The second-order valence-corrected chi connectivity index (χ2v) is 5.58. The molecule has 0 aromatic heterocycles. The van der Waals surface area contributed by atoms with Crippen molar-refractivity contribution < 1.29 is 4.74 Å². The first-order valence-corrected chi connectivity index (χ1v) is 7.74. The fraction of sp³-hybridized carbons (Fsp3) is 0.368. The standard InChI is InChI=1S/C19H25NO/c1-4-15-7-6-8-18(13-15)21-19-10-9-16(11-14(19)3)12-17(20)5-2/h6-11,13,17H,4-5,12,20H2,1-3H3. The molecule has 0 radical (unpaired) electrons. The van der Waals surface area contributed by atoms with Gasteiger partial charge in [0.25, 0.3) is 0 Å². The van der Waals surface area contributed by atoms with Crippen LogP contribution < -0.4 is 10.5 Å². The molecule has 0 aliphatic rings. The lowest BCUT2D eigenvalue weighted by molar-refractivity contribution is 0.478. The minimum Gasteiger partial charge on any atom is -0.457 e. The molecule has 0 heterocycles. The van der Waals surface area contributed by atoms with Crippen LogP contribution >= 0.6 is 0 Å². The lowest BCUT2D eigenvalue weighted by Crippen LogP contribution is -2.21. The van der Waals surface area contributed by atoms with E-state index in [9.17, 15) is 0 Å². The average molecular weight is 283 g/mol. The van der Waals surface area contributed by atoms with E-state index in [-0.39, 0.29) is 6.04 Å². The number of aryl methyl sites for hydroxylation is 2. The van der Waals surface area contributed by atoms with E-state index < -0.39 is 0 Å². The Balaban J connectivity index is 2.13. The first-order chi connectivity index (χ1) is 10.1. The summed E-state index contributed by atoms with van der Waals surface area (Å²) in [5, 5.41) is 0. The maximum atomic E-state index is 6.02. The highest BCUT2D eigenvalue weighted by molar-refractivity contribution is 5.40. The third kappa shape index (κ3) is 4.33. The zero-order valence-electron chi connectivity index (χ0n) is 13.2. The topological polar surface area (TPSA) is 35.2 Å². The normalized spacial score (nSPS) is 12.2. The summed E-state index contributed by atoms with van der Waals surface area (Å²) in [5.41, 5.74) is 9.73. The molecule has 2 N–H and O–H groups in total. The average Bonchev–Trinajstić information content (AvgIpc) is 2.50. The molecule has 0 amide bonds. The largest absolute Gasteiger partial charge is 0.457 e. The zero-order valence-corrected chi connectivity index (χ0v) is 13.2. The molecule has 0 aliphatic carbocycles. The van der Waals surface area contributed by atoms with Crippen molar-refractivity contribution in [2.24, 2.45) is 5.73 Å². The Labute approximate surface area is 127 Å². The van der Waals surface area contributed by atoms with Gasteiger partial charge in [-0.15, -0.1) is 0 Å². The van der Waals surface area contributed by atoms with Crippen LogP contribution in [-0.4, -0.2) is 6.04 Å². The highest BCUT2D eigenvalue weighted by Gasteiger charge is 2.06. The van der Waals surface area contributed by atoms with Gasteiger partial charge in [-0.05, 0) is 61.1 Å². The Kier molecular flexibility index (Phi) is 5.40. The number of rotatable bonds is 6. The van der Waals surface area contributed by atoms with Crippen LogP contribution in [0.3, 0.4) is 0 Å². The van der Waals surface area contributed by atoms with E-state index in [1.807, 2.05) is 18.2 Å². The van der Waals surface area contributed by atoms with Gasteiger partial charge in [-0.1, -0.05) is 38.1 Å². The Morgan fingerprint density at radius 1 is 1.05 bits per heavy atom. The van der Waals surface area contributed by atoms with Crippen molar-refractivity contribution in [2.75, 3.05) is 0 Å². The van der Waals surface area contributed by atoms with E-state index in [1.54, 1.807) is 0 Å². The number of hydrogen-bond donors (Lipinski definition) is 1. The number of ether oxygens (including phenoxy) is 1. The lowest BCUT2D eigenvalue weighted by Gasteiger charge is -2.13. The van der Waals surface area contributed by atoms with E-state index in [0.717, 1.165) is 36.3 Å². The first-order valence-electron chi connectivity index (χ1n) is 7.74. The maximum absolute atomic E-state index is 6.02. The van der Waals surface area contributed by atoms with Gasteiger partial charge in [0.05, 0.1) is 0 Å². The molecule has 0 saturated heterocycles. The molecule has 2 aromatic rings. The molecule has 21 heavy (non-hydrogen) atoms. The summed E-state index contributed by atoms with van der Waals surface area (Å²) in [7, 11) is 0. The van der Waals surface area contributed by atoms with Crippen LogP contribution in [0.5, 0.6) is 11.5 Å². The first kappa shape index (κ1) is 15.6. The monoisotopic (exact) mass is 283 g/mol. The Morgan fingerprint density at radius 3 is 2.52 bits per heavy atom. The van der Waals surface area contributed by atoms with Crippen molar-refractivity contribution >= 4 is 0 Å². The molecule has 0 saturated carbocycles. The number of nitrogens with two attached hydrogens (primary N) is 1. The molecule has 112 valence electrons. The molecule has 1 unspecified atom stereocenters. The third-order valence-corrected chi connectivity index (χ3v) is 3.80. The summed E-state index contributed by atoms with van der Waals surface area (Å²) in [5.74, 6) is 1.81. The summed E-state index contributed by atoms with van der Waals surface area (Å²) >= 11 is 0. The number of hydrogen-bond acceptors (Lipinski definition) is 2. The molecular weight excluding hydrogens is 258 g/mol. The van der Waals surface area contributed by atoms with Gasteiger partial charge >= 0.3 is 0 Å². The van der Waals surface area contributed by atoms with Crippen LogP contribution in [0.1, 0.15) is 37.0 Å². The predicted octanol–water partition coefficient (Wildman–Crippen LogP) is 4.63. The fourth-order valence-electron chi connectivity index (χ4n) is 2.36. The second-order valence-electron chi connectivity index (χ2n) is 5.58. The van der Waals surface area contributed by atoms with Gasteiger partial charge in [0, 0.05) is 6.04 Å². The predicted molar refractivity (Wildman–Crippen MR) is 89.0 cm³/mol. The molecule has 0 spiro atoms. The summed E-state index contributed by atoms with van der Waals surface area (Å²) < 4.78 is 6.01. The van der Waals surface area contributed by atoms with Crippen molar-refractivity contribution in [1.29, 1.82) is 0 Å². The molecular formula is C19H25NO. The van der Waals surface area contributed by atoms with Crippen LogP contribution in [-0.2, 0) is 12.8 Å². The van der Waals surface area contributed by atoms with Crippen molar-refractivity contribution in [2.45, 2.75) is 46.1 Å². The quantitative estimate of drug-likeness (QED) is 0.839. The van der Waals surface area contributed by atoms with Crippen LogP contribution in [0.25, 0.3) is 0 Å². The van der Waals surface area contributed by atoms with E-state index in [1.165, 1.54) is 11.1 Å². The maximum Gasteiger partial charge on any atom is 0.130 e. The molecule has 2 heteroatoms. The molecule has 0 aliphatic heterocycles. The van der Waals surface area contributed by atoms with E-state index in [2.05, 4.69) is 45.0 Å². The Morgan fingerprint density at radius 2 is 1.86 bits per heavy atom. The Bertz CT molecular complexity index is 592. The van der Waals surface area contributed by atoms with Crippen molar-refractivity contribution in [3.63, 3.8) is 0 Å². The summed E-state index contributed by atoms with van der Waals surface area (Å²) in [4.78, 5) is 0. The lowest BCUT2D eigenvalue weighted by atomic mass is 10.0. The van der Waals surface area contributed by atoms with Crippen LogP contribution in [0.15, 0.2) is 42.5 Å². The van der Waals surface area contributed by atoms with Gasteiger partial charge in [0.1, 0.15) is 11.5 Å². The highest BCUT2D eigenvalue weighted by atomic mass is 16.5. The smallest absolute Gasteiger partial charge is 0.130 e. The Hall–Kier alpha value is -1.80. The van der Waals surface area contributed by atoms with Gasteiger partial charge < -0.3 is 10.5 Å². The minimum atomic E-state index is 0.234. The summed E-state index contributed by atoms with van der Waals surface area (Å²) in [6.07, 6.45) is 2.94. The van der Waals surface area contributed by atoms with Gasteiger partial charge in [0.2, 0.25) is 0 Å². The van der Waals surface area contributed by atoms with E-state index in [4.69, 9.17) is 10.5 Å². The van der Waals surface area contributed by atoms with Gasteiger partial charge in [-0.3, -0.25) is 0 Å². The fourth-order valence-corrected chi connectivity index (χ4v) is 2.36. The van der Waals surface area contributed by atoms with Gasteiger partial charge in [-0.2, -0.15) is 0 Å². The molecule has 2 rings (SSSR count). The number of benzene rings is 2. The van der Waals surface area contributed by atoms with Gasteiger partial charge in [-0.25, -0.2) is 0 Å². The zero-order chi connectivity index (χ0) is 15.2. The molecule has 0 fully saturated rings. The van der Waals surface area contributed by atoms with Crippen LogP contribution in [0, 0.1) is 6.92 Å². The SMILES string of the molecule is CCc1cccc(Oc2ccc(CC(N)CC)cc2C)c1. The van der Waals surface area contributed by atoms with Gasteiger partial charge in [0.15, 0.2) is 0 Å². The molecule has 2 nitrogen and oxygen atoms in total. The van der Waals surface area contributed by atoms with Crippen LogP contribution in [0.4, 0.5) is 0 Å². The minimum absolute atomic E-state index is 0.234. The molecule has 0 bridgehead atoms. The van der Waals surface area contributed by atoms with E-state index in [0.29, 0.717) is 0 Å². The van der Waals surface area contributed by atoms with Crippen molar-refractivity contribution in [3.05, 3.63) is 59.2 Å². The summed E-state index contributed by atoms with van der Waals surface area (Å²) in [6, 6.07) is 14.8. The van der Waals surface area contributed by atoms with Crippen LogP contribution in [0.2, 0.25) is 0 Å². The van der Waals surface area contributed by atoms with E-state index >= 15 is 0 Å². The van der Waals surface area contributed by atoms with Crippen molar-refractivity contribution in [1.82, 2.24) is 0 Å². The summed E-state index contributed by atoms with van der Waals surface area (Å²) in [6.45, 7) is 6.35. The molecule has 1 atom stereocenters. The molecule has 2 aromatic carbocycles.